The maximum Gasteiger partial charge on any atom is 0.270 e. The highest BCUT2D eigenvalue weighted by Gasteiger charge is 2.15. The molecule has 1 heterocycles. The number of hydrogen-bond acceptors (Lipinski definition) is 6. The predicted molar refractivity (Wildman–Crippen MR) is 87.7 cm³/mol. The molecule has 1 aromatic carbocycles. The summed E-state index contributed by atoms with van der Waals surface area (Å²) in [5, 5.41) is 24.4. The normalized spacial score (nSPS) is 17.7. The molecule has 1 N–H and O–H groups in total. The molecule has 0 aromatic heterocycles. The maximum absolute atomic E-state index is 10.7. The molecule has 0 radical (unpaired) electrons. The first-order valence-corrected chi connectivity index (χ1v) is 7.95. The molecule has 0 bridgehead atoms. The topological polar surface area (TPSA) is 88.2 Å². The van der Waals surface area contributed by atoms with Crippen LogP contribution in [0.15, 0.2) is 29.4 Å². The summed E-state index contributed by atoms with van der Waals surface area (Å²) in [4.78, 5) is 17.5. The number of likely N-dealkylation sites (tertiary alicyclic amines) is 1. The van der Waals surface area contributed by atoms with Gasteiger partial charge in [-0.25, -0.2) is 0 Å². The number of nitro benzene ring substituents is 1. The van der Waals surface area contributed by atoms with Crippen LogP contribution in [0.5, 0.6) is 0 Å². The van der Waals surface area contributed by atoms with Crippen molar-refractivity contribution in [2.24, 2.45) is 5.16 Å². The summed E-state index contributed by atoms with van der Waals surface area (Å²) in [5.41, 5.74) is 0.326. The summed E-state index contributed by atoms with van der Waals surface area (Å²) in [6.07, 6.45) is 2.91. The maximum atomic E-state index is 10.7. The summed E-state index contributed by atoms with van der Waals surface area (Å²) < 4.78 is 0. The Kier molecular flexibility index (Phi) is 6.76. The van der Waals surface area contributed by atoms with Gasteiger partial charge in [0.05, 0.1) is 4.92 Å². The quantitative estimate of drug-likeness (QED) is 0.467. The lowest BCUT2D eigenvalue weighted by Crippen LogP contribution is -2.38. The number of hydrogen-bond donors (Lipinski definition) is 1. The third-order valence-corrected chi connectivity index (χ3v) is 3.91. The lowest BCUT2D eigenvalue weighted by Gasteiger charge is -2.27. The first kappa shape index (κ1) is 17.7. The number of nitro groups is 1. The molecule has 2 rings (SSSR count). The van der Waals surface area contributed by atoms with Gasteiger partial charge in [-0.1, -0.05) is 35.3 Å². The van der Waals surface area contributed by atoms with Crippen LogP contribution in [0, 0.1) is 10.1 Å². The first-order valence-electron chi connectivity index (χ1n) is 7.57. The first-order chi connectivity index (χ1) is 11.1. The van der Waals surface area contributed by atoms with Crippen LogP contribution < -0.4 is 0 Å². The Bertz CT molecular complexity index is 561. The molecule has 1 saturated heterocycles. The Balaban J connectivity index is 1.82. The molecule has 1 unspecified atom stereocenters. The van der Waals surface area contributed by atoms with Gasteiger partial charge in [0.1, 0.15) is 12.7 Å². The van der Waals surface area contributed by atoms with Gasteiger partial charge in [0.25, 0.3) is 5.69 Å². The number of halogens is 1. The Morgan fingerprint density at radius 1 is 1.43 bits per heavy atom. The molecular weight excluding hydrogens is 322 g/mol. The van der Waals surface area contributed by atoms with E-state index in [1.165, 1.54) is 24.6 Å². The highest BCUT2D eigenvalue weighted by molar-refractivity contribution is 6.69. The van der Waals surface area contributed by atoms with E-state index >= 15 is 0 Å². The number of oxime groups is 1. The van der Waals surface area contributed by atoms with Crippen LogP contribution >= 0.6 is 11.6 Å². The van der Waals surface area contributed by atoms with Crippen molar-refractivity contribution in [3.8, 4) is 0 Å². The minimum atomic E-state index is -0.647. The van der Waals surface area contributed by atoms with Crippen molar-refractivity contribution in [2.75, 3.05) is 26.2 Å². The molecule has 0 saturated carbocycles. The van der Waals surface area contributed by atoms with Gasteiger partial charge in [-0.05, 0) is 25.9 Å². The molecule has 126 valence electrons. The molecular formula is C15H20ClN3O4. The van der Waals surface area contributed by atoms with E-state index < -0.39 is 11.0 Å². The molecule has 7 nitrogen and oxygen atoms in total. The SMILES string of the molecule is O=[N+]([O-])c1cccc(/C(Cl)=N/OCC(O)CN2CCCCC2)c1. The number of β-amino-alcohol motifs (C(OH)–C–C–N with tert-alkyl or cyclic N) is 1. The van der Waals surface area contributed by atoms with Crippen LogP contribution in [0.3, 0.4) is 0 Å². The largest absolute Gasteiger partial charge is 0.392 e. The third kappa shape index (κ3) is 5.78. The van der Waals surface area contributed by atoms with Gasteiger partial charge in [-0.15, -0.1) is 0 Å². The highest BCUT2D eigenvalue weighted by Crippen LogP contribution is 2.15. The van der Waals surface area contributed by atoms with E-state index in [4.69, 9.17) is 16.4 Å². The lowest BCUT2D eigenvalue weighted by molar-refractivity contribution is -0.384. The number of aliphatic hydroxyl groups is 1. The molecule has 1 atom stereocenters. The zero-order valence-corrected chi connectivity index (χ0v) is 13.5. The van der Waals surface area contributed by atoms with Gasteiger partial charge in [0, 0.05) is 24.2 Å². The molecule has 23 heavy (non-hydrogen) atoms. The van der Waals surface area contributed by atoms with E-state index in [1.807, 2.05) is 0 Å². The van der Waals surface area contributed by atoms with Crippen LogP contribution in [0.1, 0.15) is 24.8 Å². The zero-order valence-electron chi connectivity index (χ0n) is 12.7. The highest BCUT2D eigenvalue weighted by atomic mass is 35.5. The zero-order chi connectivity index (χ0) is 16.7. The number of nitrogens with zero attached hydrogens (tertiary/aromatic N) is 3. The summed E-state index contributed by atoms with van der Waals surface area (Å²) in [7, 11) is 0. The average Bonchev–Trinajstić information content (AvgIpc) is 2.55. The Hall–Kier alpha value is -1.70. The van der Waals surface area contributed by atoms with Gasteiger partial charge < -0.3 is 14.8 Å². The van der Waals surface area contributed by atoms with Crippen molar-refractivity contribution in [3.05, 3.63) is 39.9 Å². The molecule has 1 aromatic rings. The van der Waals surface area contributed by atoms with Crippen LogP contribution in [-0.2, 0) is 4.84 Å². The number of benzene rings is 1. The van der Waals surface area contributed by atoms with Crippen molar-refractivity contribution in [1.82, 2.24) is 4.90 Å². The number of aliphatic hydroxyl groups excluding tert-OH is 1. The second kappa shape index (κ2) is 8.81. The van der Waals surface area contributed by atoms with E-state index in [9.17, 15) is 15.2 Å². The summed E-state index contributed by atoms with van der Waals surface area (Å²) in [6.45, 7) is 2.56. The summed E-state index contributed by atoms with van der Waals surface area (Å²) >= 11 is 5.97. The second-order valence-electron chi connectivity index (χ2n) is 5.50. The average molecular weight is 342 g/mol. The Morgan fingerprint density at radius 3 is 2.87 bits per heavy atom. The minimum absolute atomic E-state index is 0.0128. The van der Waals surface area contributed by atoms with Crippen molar-refractivity contribution in [1.29, 1.82) is 0 Å². The van der Waals surface area contributed by atoms with Crippen LogP contribution in [-0.4, -0.2) is 52.4 Å². The molecule has 1 aliphatic rings. The Morgan fingerprint density at radius 2 is 2.17 bits per heavy atom. The van der Waals surface area contributed by atoms with Gasteiger partial charge in [0.15, 0.2) is 5.17 Å². The monoisotopic (exact) mass is 341 g/mol. The fraction of sp³-hybridized carbons (Fsp3) is 0.533. The number of non-ortho nitro benzene ring substituents is 1. The van der Waals surface area contributed by atoms with E-state index in [0.717, 1.165) is 25.9 Å². The molecule has 8 heteroatoms. The fourth-order valence-corrected chi connectivity index (χ4v) is 2.64. The molecule has 1 fully saturated rings. The fourth-order valence-electron chi connectivity index (χ4n) is 2.47. The molecule has 1 aliphatic heterocycles. The van der Waals surface area contributed by atoms with Gasteiger partial charge in [0.2, 0.25) is 0 Å². The minimum Gasteiger partial charge on any atom is -0.392 e. The van der Waals surface area contributed by atoms with E-state index in [1.54, 1.807) is 6.07 Å². The van der Waals surface area contributed by atoms with Crippen molar-refractivity contribution in [2.45, 2.75) is 25.4 Å². The number of rotatable bonds is 7. The van der Waals surface area contributed by atoms with Crippen molar-refractivity contribution in [3.63, 3.8) is 0 Å². The lowest BCUT2D eigenvalue weighted by atomic mass is 10.1. The Labute approximate surface area is 139 Å². The van der Waals surface area contributed by atoms with Crippen molar-refractivity contribution >= 4 is 22.5 Å². The van der Waals surface area contributed by atoms with Crippen LogP contribution in [0.4, 0.5) is 5.69 Å². The predicted octanol–water partition coefficient (Wildman–Crippen LogP) is 2.36. The van der Waals surface area contributed by atoms with Crippen molar-refractivity contribution < 1.29 is 14.9 Å². The van der Waals surface area contributed by atoms with E-state index in [2.05, 4.69) is 10.1 Å². The standard InChI is InChI=1S/C15H20ClN3O4/c16-15(12-5-4-6-13(9-12)19(21)22)17-23-11-14(20)10-18-7-2-1-3-8-18/h4-6,9,14,20H,1-3,7-8,10-11H2/b17-15-. The molecule has 0 amide bonds. The summed E-state index contributed by atoms with van der Waals surface area (Å²) in [5.74, 6) is 0. The van der Waals surface area contributed by atoms with Gasteiger partial charge in [-0.3, -0.25) is 10.1 Å². The van der Waals surface area contributed by atoms with E-state index in [0.29, 0.717) is 12.1 Å². The summed E-state index contributed by atoms with van der Waals surface area (Å²) in [6, 6.07) is 5.82. The van der Waals surface area contributed by atoms with Gasteiger partial charge in [-0.2, -0.15) is 0 Å². The molecule has 0 aliphatic carbocycles. The number of piperidine rings is 1. The van der Waals surface area contributed by atoms with Crippen LogP contribution in [0.25, 0.3) is 0 Å². The second-order valence-corrected chi connectivity index (χ2v) is 5.86. The smallest absolute Gasteiger partial charge is 0.270 e. The molecule has 0 spiro atoms. The van der Waals surface area contributed by atoms with Gasteiger partial charge >= 0.3 is 0 Å². The van der Waals surface area contributed by atoms with Crippen LogP contribution in [0.2, 0.25) is 0 Å². The third-order valence-electron chi connectivity index (χ3n) is 3.62. The van der Waals surface area contributed by atoms with E-state index in [-0.39, 0.29) is 17.5 Å².